The third-order valence-corrected chi connectivity index (χ3v) is 3.71. The minimum absolute atomic E-state index is 0.465. The van der Waals surface area contributed by atoms with E-state index in [-0.39, 0.29) is 0 Å². The summed E-state index contributed by atoms with van der Waals surface area (Å²) >= 11 is 0. The van der Waals surface area contributed by atoms with Crippen molar-refractivity contribution in [2.24, 2.45) is 7.05 Å². The van der Waals surface area contributed by atoms with Crippen LogP contribution in [0, 0.1) is 6.92 Å². The Balaban J connectivity index is 1.52. The maximum atomic E-state index is 5.28. The maximum absolute atomic E-state index is 5.28. The Morgan fingerprint density at radius 2 is 1.76 bits per heavy atom. The van der Waals surface area contributed by atoms with Crippen LogP contribution in [-0.4, -0.2) is 29.9 Å². The number of aromatic amines is 1. The monoisotopic (exact) mass is 332 g/mol. The number of hydrogen-bond donors (Lipinski definition) is 1. The number of aromatic nitrogens is 6. The smallest absolute Gasteiger partial charge is 0.250 e. The molecule has 0 unspecified atom stereocenters. The van der Waals surface area contributed by atoms with Crippen LogP contribution in [0.5, 0.6) is 0 Å². The van der Waals surface area contributed by atoms with Gasteiger partial charge in [0.2, 0.25) is 5.82 Å². The lowest BCUT2D eigenvalue weighted by atomic mass is 10.1. The quantitative estimate of drug-likeness (QED) is 0.619. The first kappa shape index (κ1) is 15.1. The summed E-state index contributed by atoms with van der Waals surface area (Å²) in [5.74, 6) is 2.47. The third kappa shape index (κ3) is 3.25. The van der Waals surface area contributed by atoms with Gasteiger partial charge in [-0.25, -0.2) is 4.98 Å². The summed E-state index contributed by atoms with van der Waals surface area (Å²) < 4.78 is 7.26. The average Bonchev–Trinajstić information content (AvgIpc) is 3.34. The molecule has 0 aliphatic heterocycles. The molecule has 0 saturated carbocycles. The Labute approximate surface area is 144 Å². The van der Waals surface area contributed by atoms with Gasteiger partial charge >= 0.3 is 0 Å². The van der Waals surface area contributed by atoms with Crippen molar-refractivity contribution in [2.75, 3.05) is 0 Å². The molecule has 25 heavy (non-hydrogen) atoms. The number of nitrogens with zero attached hydrogens (tertiary/aromatic N) is 5. The van der Waals surface area contributed by atoms with Gasteiger partial charge in [0.25, 0.3) is 5.89 Å². The highest BCUT2D eigenvalue weighted by atomic mass is 16.5. The molecule has 0 saturated heterocycles. The Hall–Kier alpha value is -3.48. The molecular weight excluding hydrogens is 316 g/mol. The van der Waals surface area contributed by atoms with Gasteiger partial charge in [0.05, 0.1) is 0 Å². The molecule has 4 rings (SSSR count). The third-order valence-electron chi connectivity index (χ3n) is 3.71. The van der Waals surface area contributed by atoms with Crippen LogP contribution in [0.25, 0.3) is 34.9 Å². The molecule has 0 radical (unpaired) electrons. The van der Waals surface area contributed by atoms with E-state index in [9.17, 15) is 0 Å². The molecule has 4 aromatic rings. The van der Waals surface area contributed by atoms with E-state index in [1.807, 2.05) is 67.3 Å². The highest BCUT2D eigenvalue weighted by Crippen LogP contribution is 2.21. The van der Waals surface area contributed by atoms with Gasteiger partial charge in [-0.3, -0.25) is 5.10 Å². The predicted octanol–water partition coefficient (Wildman–Crippen LogP) is 3.34. The van der Waals surface area contributed by atoms with Crippen molar-refractivity contribution in [3.8, 4) is 22.8 Å². The average molecular weight is 332 g/mol. The van der Waals surface area contributed by atoms with Crippen molar-refractivity contribution in [1.29, 1.82) is 0 Å². The van der Waals surface area contributed by atoms with Gasteiger partial charge < -0.3 is 9.09 Å². The summed E-state index contributed by atoms with van der Waals surface area (Å²) in [6.07, 6.45) is 7.73. The Morgan fingerprint density at radius 1 is 1.00 bits per heavy atom. The van der Waals surface area contributed by atoms with Crippen LogP contribution in [0.15, 0.2) is 47.2 Å². The number of aryl methyl sites for hydroxylation is 2. The van der Waals surface area contributed by atoms with Gasteiger partial charge in [-0.05, 0) is 24.6 Å². The molecule has 0 aliphatic rings. The molecule has 7 nitrogen and oxygen atoms in total. The summed E-state index contributed by atoms with van der Waals surface area (Å²) in [4.78, 5) is 8.72. The van der Waals surface area contributed by atoms with E-state index in [0.717, 1.165) is 22.5 Å². The summed E-state index contributed by atoms with van der Waals surface area (Å²) in [7, 11) is 1.98. The fourth-order valence-corrected chi connectivity index (χ4v) is 2.45. The van der Waals surface area contributed by atoms with Crippen molar-refractivity contribution in [2.45, 2.75) is 6.92 Å². The van der Waals surface area contributed by atoms with Gasteiger partial charge in [-0.15, -0.1) is 0 Å². The van der Waals surface area contributed by atoms with Gasteiger partial charge in [0.1, 0.15) is 5.82 Å². The lowest BCUT2D eigenvalue weighted by molar-refractivity contribution is 0.411. The first-order valence-corrected chi connectivity index (χ1v) is 7.81. The van der Waals surface area contributed by atoms with Crippen molar-refractivity contribution in [1.82, 2.24) is 29.9 Å². The van der Waals surface area contributed by atoms with Gasteiger partial charge in [0.15, 0.2) is 5.82 Å². The van der Waals surface area contributed by atoms with Crippen LogP contribution in [0.3, 0.4) is 0 Å². The summed E-state index contributed by atoms with van der Waals surface area (Å²) in [5, 5.41) is 11.0. The molecule has 0 amide bonds. The van der Waals surface area contributed by atoms with Crippen LogP contribution in [-0.2, 0) is 7.05 Å². The Bertz CT molecular complexity index is 1020. The molecule has 1 N–H and O–H groups in total. The summed E-state index contributed by atoms with van der Waals surface area (Å²) in [6, 6.07) is 9.74. The minimum Gasteiger partial charge on any atom is -0.357 e. The summed E-state index contributed by atoms with van der Waals surface area (Å²) in [6.45, 7) is 1.87. The number of H-pyrrole nitrogens is 1. The van der Waals surface area contributed by atoms with Crippen molar-refractivity contribution >= 4 is 12.2 Å². The van der Waals surface area contributed by atoms with Crippen molar-refractivity contribution < 1.29 is 4.52 Å². The maximum Gasteiger partial charge on any atom is 0.250 e. The van der Waals surface area contributed by atoms with Crippen molar-refractivity contribution in [3.63, 3.8) is 0 Å². The topological polar surface area (TPSA) is 85.4 Å². The second-order valence-electron chi connectivity index (χ2n) is 5.72. The molecule has 0 aliphatic carbocycles. The van der Waals surface area contributed by atoms with Crippen LogP contribution < -0.4 is 0 Å². The number of nitrogens with one attached hydrogen (secondary N) is 1. The lowest BCUT2D eigenvalue weighted by Gasteiger charge is -1.97. The van der Waals surface area contributed by atoms with E-state index in [0.29, 0.717) is 17.5 Å². The molecule has 3 heterocycles. The molecule has 124 valence electrons. The molecule has 3 aromatic heterocycles. The van der Waals surface area contributed by atoms with Crippen molar-refractivity contribution in [3.05, 3.63) is 60.0 Å². The first-order valence-electron chi connectivity index (χ1n) is 7.81. The first-order chi connectivity index (χ1) is 12.2. The van der Waals surface area contributed by atoms with Gasteiger partial charge in [0, 0.05) is 36.6 Å². The fraction of sp³-hybridized carbons (Fsp3) is 0.111. The largest absolute Gasteiger partial charge is 0.357 e. The van der Waals surface area contributed by atoms with E-state index in [1.165, 1.54) is 0 Å². The molecule has 0 atom stereocenters. The number of rotatable bonds is 4. The Kier molecular flexibility index (Phi) is 3.74. The summed E-state index contributed by atoms with van der Waals surface area (Å²) in [5.41, 5.74) is 2.88. The van der Waals surface area contributed by atoms with Crippen LogP contribution in [0.4, 0.5) is 0 Å². The van der Waals surface area contributed by atoms with Crippen LogP contribution in [0.2, 0.25) is 0 Å². The van der Waals surface area contributed by atoms with Gasteiger partial charge in [-0.1, -0.05) is 29.4 Å². The standard InChI is InChI=1S/C18H16N6O/c1-12-19-17(22-21-12)14-4-6-15(7-5-14)18-20-16(25-23-18)8-3-13-9-10-24(2)11-13/h3-11H,1-2H3,(H,19,21,22)/b8-3+. The number of benzene rings is 1. The predicted molar refractivity (Wildman–Crippen MR) is 94.2 cm³/mol. The fourth-order valence-electron chi connectivity index (χ4n) is 2.45. The molecule has 0 fully saturated rings. The highest BCUT2D eigenvalue weighted by Gasteiger charge is 2.08. The Morgan fingerprint density at radius 3 is 2.40 bits per heavy atom. The molecule has 0 spiro atoms. The van der Waals surface area contributed by atoms with E-state index in [4.69, 9.17) is 4.52 Å². The molecular formula is C18H16N6O. The molecule has 7 heteroatoms. The zero-order valence-electron chi connectivity index (χ0n) is 13.8. The van der Waals surface area contributed by atoms with E-state index >= 15 is 0 Å². The van der Waals surface area contributed by atoms with E-state index in [1.54, 1.807) is 6.08 Å². The van der Waals surface area contributed by atoms with E-state index in [2.05, 4.69) is 25.3 Å². The number of hydrogen-bond acceptors (Lipinski definition) is 5. The van der Waals surface area contributed by atoms with Crippen LogP contribution >= 0.6 is 0 Å². The highest BCUT2D eigenvalue weighted by molar-refractivity contribution is 5.67. The zero-order valence-corrected chi connectivity index (χ0v) is 13.8. The van der Waals surface area contributed by atoms with E-state index < -0.39 is 0 Å². The zero-order chi connectivity index (χ0) is 17.2. The molecule has 0 bridgehead atoms. The van der Waals surface area contributed by atoms with Crippen LogP contribution in [0.1, 0.15) is 17.3 Å². The second-order valence-corrected chi connectivity index (χ2v) is 5.72. The van der Waals surface area contributed by atoms with Gasteiger partial charge in [-0.2, -0.15) is 10.1 Å². The minimum atomic E-state index is 0.465. The molecule has 1 aromatic carbocycles. The normalized spacial score (nSPS) is 11.4. The second kappa shape index (κ2) is 6.20. The lowest BCUT2D eigenvalue weighted by Crippen LogP contribution is -1.84. The SMILES string of the molecule is Cc1nc(-c2ccc(-c3noc(/C=C/c4ccn(C)c4)n3)cc2)n[nH]1.